The van der Waals surface area contributed by atoms with Crippen molar-refractivity contribution in [2.24, 2.45) is 0 Å². The summed E-state index contributed by atoms with van der Waals surface area (Å²) < 4.78 is 10.4. The van der Waals surface area contributed by atoms with Gasteiger partial charge in [0, 0.05) is 23.0 Å². The lowest BCUT2D eigenvalue weighted by Crippen LogP contribution is -2.17. The quantitative estimate of drug-likeness (QED) is 0.604. The molecule has 0 atom stereocenters. The highest BCUT2D eigenvalue weighted by Gasteiger charge is 2.19. The number of aromatic nitrogens is 2. The standard InChI is InChI=1S/C17H19N3O4S/c1-23-13-7-6-10(8-14(13)24-2)18-15(21)9-25-16-11-4-3-5-12(11)19-17(22)20-16/h6-8H,3-5,9H2,1-2H3,(H,18,21)(H,19,20,22). The molecule has 1 aromatic carbocycles. The van der Waals surface area contributed by atoms with Gasteiger partial charge in [0.15, 0.2) is 11.5 Å². The second-order valence-electron chi connectivity index (χ2n) is 5.56. The Bertz CT molecular complexity index is 850. The second kappa shape index (κ2) is 7.60. The van der Waals surface area contributed by atoms with Crippen molar-refractivity contribution in [1.82, 2.24) is 9.97 Å². The van der Waals surface area contributed by atoms with Gasteiger partial charge in [-0.3, -0.25) is 4.79 Å². The third kappa shape index (κ3) is 3.96. The average Bonchev–Trinajstić information content (AvgIpc) is 3.07. The summed E-state index contributed by atoms with van der Waals surface area (Å²) in [5.41, 5.74) is 2.27. The lowest BCUT2D eigenvalue weighted by atomic mass is 10.2. The van der Waals surface area contributed by atoms with Gasteiger partial charge in [0.05, 0.1) is 20.0 Å². The van der Waals surface area contributed by atoms with Crippen molar-refractivity contribution in [3.8, 4) is 11.5 Å². The maximum absolute atomic E-state index is 12.2. The molecular formula is C17H19N3O4S. The van der Waals surface area contributed by atoms with Crippen LogP contribution >= 0.6 is 11.8 Å². The second-order valence-corrected chi connectivity index (χ2v) is 6.53. The van der Waals surface area contributed by atoms with Crippen molar-refractivity contribution in [3.63, 3.8) is 0 Å². The van der Waals surface area contributed by atoms with E-state index >= 15 is 0 Å². The van der Waals surface area contributed by atoms with E-state index in [0.717, 1.165) is 30.5 Å². The summed E-state index contributed by atoms with van der Waals surface area (Å²) in [6, 6.07) is 5.17. The van der Waals surface area contributed by atoms with Crippen molar-refractivity contribution in [1.29, 1.82) is 0 Å². The number of carbonyl (C=O) groups is 1. The first-order valence-corrected chi connectivity index (χ1v) is 8.86. The number of carbonyl (C=O) groups excluding carboxylic acids is 1. The molecule has 0 radical (unpaired) electrons. The van der Waals surface area contributed by atoms with Gasteiger partial charge >= 0.3 is 5.69 Å². The Labute approximate surface area is 149 Å². The molecule has 25 heavy (non-hydrogen) atoms. The molecule has 132 valence electrons. The zero-order valence-electron chi connectivity index (χ0n) is 14.0. The summed E-state index contributed by atoms with van der Waals surface area (Å²) in [6.07, 6.45) is 2.75. The summed E-state index contributed by atoms with van der Waals surface area (Å²) in [5, 5.41) is 3.46. The van der Waals surface area contributed by atoms with Gasteiger partial charge in [0.1, 0.15) is 5.03 Å². The van der Waals surface area contributed by atoms with Gasteiger partial charge in [-0.1, -0.05) is 11.8 Å². The highest BCUT2D eigenvalue weighted by atomic mass is 32.2. The zero-order chi connectivity index (χ0) is 17.8. The summed E-state index contributed by atoms with van der Waals surface area (Å²) >= 11 is 1.29. The van der Waals surface area contributed by atoms with Crippen molar-refractivity contribution >= 4 is 23.4 Å². The minimum Gasteiger partial charge on any atom is -0.493 e. The Hall–Kier alpha value is -2.48. The number of anilines is 1. The Kier molecular flexibility index (Phi) is 5.28. The first-order chi connectivity index (χ1) is 12.1. The number of thioether (sulfide) groups is 1. The molecule has 1 aromatic heterocycles. The van der Waals surface area contributed by atoms with Gasteiger partial charge in [0.2, 0.25) is 5.91 Å². The van der Waals surface area contributed by atoms with E-state index in [1.54, 1.807) is 32.4 Å². The molecule has 0 bridgehead atoms. The molecule has 1 amide bonds. The fraction of sp³-hybridized carbons (Fsp3) is 0.353. The molecule has 3 rings (SSSR count). The summed E-state index contributed by atoms with van der Waals surface area (Å²) in [4.78, 5) is 30.6. The van der Waals surface area contributed by atoms with Gasteiger partial charge in [-0.25, -0.2) is 4.79 Å². The highest BCUT2D eigenvalue weighted by molar-refractivity contribution is 8.00. The molecule has 0 spiro atoms. The van der Waals surface area contributed by atoms with E-state index in [9.17, 15) is 9.59 Å². The first kappa shape index (κ1) is 17.3. The minimum atomic E-state index is -0.358. The van der Waals surface area contributed by atoms with E-state index in [0.29, 0.717) is 22.2 Å². The number of hydrogen-bond acceptors (Lipinski definition) is 6. The van der Waals surface area contributed by atoms with E-state index in [-0.39, 0.29) is 17.3 Å². The zero-order valence-corrected chi connectivity index (χ0v) is 14.9. The fourth-order valence-electron chi connectivity index (χ4n) is 2.80. The van der Waals surface area contributed by atoms with Crippen LogP contribution < -0.4 is 20.5 Å². The van der Waals surface area contributed by atoms with Crippen molar-refractivity contribution < 1.29 is 14.3 Å². The molecule has 2 N–H and O–H groups in total. The van der Waals surface area contributed by atoms with Crippen LogP contribution in [0.5, 0.6) is 11.5 Å². The number of rotatable bonds is 6. The van der Waals surface area contributed by atoms with E-state index in [1.807, 2.05) is 0 Å². The number of fused-ring (bicyclic) bond motifs is 1. The molecule has 0 saturated carbocycles. The summed E-state index contributed by atoms with van der Waals surface area (Å²) in [7, 11) is 3.10. The molecular weight excluding hydrogens is 342 g/mol. The van der Waals surface area contributed by atoms with Crippen molar-refractivity contribution in [2.75, 3.05) is 25.3 Å². The minimum absolute atomic E-state index is 0.175. The van der Waals surface area contributed by atoms with Gasteiger partial charge in [0.25, 0.3) is 0 Å². The fourth-order valence-corrected chi connectivity index (χ4v) is 3.69. The number of amides is 1. The number of aryl methyl sites for hydroxylation is 1. The van der Waals surface area contributed by atoms with Crippen LogP contribution in [0.15, 0.2) is 28.0 Å². The van der Waals surface area contributed by atoms with Crippen molar-refractivity contribution in [2.45, 2.75) is 24.3 Å². The third-order valence-electron chi connectivity index (χ3n) is 3.94. The van der Waals surface area contributed by atoms with Crippen LogP contribution in [-0.2, 0) is 17.6 Å². The Morgan fingerprint density at radius 1 is 1.28 bits per heavy atom. The molecule has 0 aliphatic heterocycles. The van der Waals surface area contributed by atoms with E-state index < -0.39 is 0 Å². The molecule has 0 saturated heterocycles. The number of aromatic amines is 1. The van der Waals surface area contributed by atoms with E-state index in [4.69, 9.17) is 9.47 Å². The molecule has 2 aromatic rings. The van der Waals surface area contributed by atoms with Gasteiger partial charge in [-0.05, 0) is 31.4 Å². The largest absolute Gasteiger partial charge is 0.493 e. The van der Waals surface area contributed by atoms with Crippen LogP contribution in [0, 0.1) is 0 Å². The molecule has 0 unspecified atom stereocenters. The van der Waals surface area contributed by atoms with Crippen LogP contribution in [-0.4, -0.2) is 35.8 Å². The lowest BCUT2D eigenvalue weighted by molar-refractivity contribution is -0.113. The van der Waals surface area contributed by atoms with Gasteiger partial charge in [-0.15, -0.1) is 0 Å². The predicted molar refractivity (Wildman–Crippen MR) is 95.8 cm³/mol. The Morgan fingerprint density at radius 2 is 2.08 bits per heavy atom. The number of methoxy groups -OCH3 is 2. The monoisotopic (exact) mass is 361 g/mol. The van der Waals surface area contributed by atoms with E-state index in [2.05, 4.69) is 15.3 Å². The number of H-pyrrole nitrogens is 1. The number of ether oxygens (including phenoxy) is 2. The molecule has 1 heterocycles. The molecule has 7 nitrogen and oxygen atoms in total. The third-order valence-corrected chi connectivity index (χ3v) is 4.96. The lowest BCUT2D eigenvalue weighted by Gasteiger charge is -2.11. The molecule has 8 heteroatoms. The summed E-state index contributed by atoms with van der Waals surface area (Å²) in [6.45, 7) is 0. The molecule has 1 aliphatic rings. The molecule has 0 fully saturated rings. The van der Waals surface area contributed by atoms with Crippen LogP contribution in [0.25, 0.3) is 0 Å². The first-order valence-electron chi connectivity index (χ1n) is 7.87. The number of hydrogen-bond donors (Lipinski definition) is 2. The van der Waals surface area contributed by atoms with Crippen LogP contribution in [0.1, 0.15) is 17.7 Å². The van der Waals surface area contributed by atoms with E-state index in [1.165, 1.54) is 11.8 Å². The Balaban J connectivity index is 1.65. The maximum atomic E-state index is 12.2. The SMILES string of the molecule is COc1ccc(NC(=O)CSc2nc(=O)[nH]c3c2CCC3)cc1OC. The summed E-state index contributed by atoms with van der Waals surface area (Å²) in [5.74, 6) is 1.14. The maximum Gasteiger partial charge on any atom is 0.346 e. The smallest absolute Gasteiger partial charge is 0.346 e. The van der Waals surface area contributed by atoms with Crippen LogP contribution in [0.3, 0.4) is 0 Å². The van der Waals surface area contributed by atoms with Gasteiger partial charge in [-0.2, -0.15) is 4.98 Å². The van der Waals surface area contributed by atoms with Crippen LogP contribution in [0.4, 0.5) is 5.69 Å². The number of nitrogens with one attached hydrogen (secondary N) is 2. The Morgan fingerprint density at radius 3 is 2.84 bits per heavy atom. The molecule has 1 aliphatic carbocycles. The normalized spacial score (nSPS) is 12.6. The predicted octanol–water partition coefficient (Wildman–Crippen LogP) is 2.01. The van der Waals surface area contributed by atoms with Crippen molar-refractivity contribution in [3.05, 3.63) is 39.9 Å². The number of benzene rings is 1. The topological polar surface area (TPSA) is 93.3 Å². The van der Waals surface area contributed by atoms with Crippen LogP contribution in [0.2, 0.25) is 0 Å². The highest BCUT2D eigenvalue weighted by Crippen LogP contribution is 2.30. The number of nitrogens with zero attached hydrogens (tertiary/aromatic N) is 1. The van der Waals surface area contributed by atoms with Gasteiger partial charge < -0.3 is 19.8 Å². The average molecular weight is 361 g/mol.